The Labute approximate surface area is 64.0 Å². The monoisotopic (exact) mass is 173 g/mol. The van der Waals surface area contributed by atoms with Gasteiger partial charge in [0.2, 0.25) is 0 Å². The van der Waals surface area contributed by atoms with Crippen molar-refractivity contribution in [2.75, 3.05) is 6.54 Å². The molecule has 1 aliphatic rings. The fourth-order valence-electron chi connectivity index (χ4n) is 0.939. The van der Waals surface area contributed by atoms with Crippen LogP contribution in [0.2, 0.25) is 0 Å². The standard InChI is InChI=1S/C5H9F2NO.ClH/c6-5(7)4-1-3(9)2-8-4;/h3-5,8-9H,1-2H2;1H/t3-,4-;/m0./s1. The van der Waals surface area contributed by atoms with Crippen LogP contribution in [0.3, 0.4) is 0 Å². The van der Waals surface area contributed by atoms with Crippen molar-refractivity contribution in [3.8, 4) is 0 Å². The minimum absolute atomic E-state index is 0. The number of aliphatic hydroxyl groups excluding tert-OH is 1. The van der Waals surface area contributed by atoms with Gasteiger partial charge in [-0.15, -0.1) is 12.4 Å². The lowest BCUT2D eigenvalue weighted by atomic mass is 10.2. The third kappa shape index (κ3) is 2.36. The lowest BCUT2D eigenvalue weighted by Crippen LogP contribution is -2.28. The zero-order chi connectivity index (χ0) is 6.85. The second-order valence-electron chi connectivity index (χ2n) is 2.24. The van der Waals surface area contributed by atoms with Crippen LogP contribution in [0.25, 0.3) is 0 Å². The zero-order valence-corrected chi connectivity index (χ0v) is 6.07. The van der Waals surface area contributed by atoms with Crippen LogP contribution in [-0.4, -0.2) is 30.2 Å². The average Bonchev–Trinajstić information content (AvgIpc) is 2.14. The van der Waals surface area contributed by atoms with E-state index < -0.39 is 18.6 Å². The third-order valence-electron chi connectivity index (χ3n) is 1.45. The van der Waals surface area contributed by atoms with E-state index in [4.69, 9.17) is 5.11 Å². The molecule has 1 aliphatic heterocycles. The number of alkyl halides is 2. The molecule has 2 nitrogen and oxygen atoms in total. The van der Waals surface area contributed by atoms with Crippen molar-refractivity contribution in [3.63, 3.8) is 0 Å². The van der Waals surface area contributed by atoms with Gasteiger partial charge in [0.15, 0.2) is 0 Å². The summed E-state index contributed by atoms with van der Waals surface area (Å²) in [5.41, 5.74) is 0. The van der Waals surface area contributed by atoms with Gasteiger partial charge in [0, 0.05) is 6.54 Å². The van der Waals surface area contributed by atoms with Crippen LogP contribution in [-0.2, 0) is 0 Å². The highest BCUT2D eigenvalue weighted by molar-refractivity contribution is 5.85. The summed E-state index contributed by atoms with van der Waals surface area (Å²) in [7, 11) is 0. The number of β-amino-alcohol motifs (C(OH)–C–C–N with tert-alkyl or cyclic N) is 1. The predicted octanol–water partition coefficient (Wildman–Crippen LogP) is 0.396. The van der Waals surface area contributed by atoms with Crippen LogP contribution >= 0.6 is 12.4 Å². The molecule has 0 unspecified atom stereocenters. The Bertz CT molecular complexity index is 104. The Balaban J connectivity index is 0.000000810. The van der Waals surface area contributed by atoms with Crippen LogP contribution in [0.1, 0.15) is 6.42 Å². The lowest BCUT2D eigenvalue weighted by molar-refractivity contribution is 0.0986. The molecule has 2 N–H and O–H groups in total. The number of halogens is 3. The van der Waals surface area contributed by atoms with Gasteiger partial charge < -0.3 is 10.4 Å². The summed E-state index contributed by atoms with van der Waals surface area (Å²) in [5, 5.41) is 11.3. The molecular formula is C5H10ClF2NO. The molecule has 62 valence electrons. The van der Waals surface area contributed by atoms with Crippen LogP contribution in [0.4, 0.5) is 8.78 Å². The Kier molecular flexibility index (Phi) is 4.08. The van der Waals surface area contributed by atoms with Crippen LogP contribution in [0.5, 0.6) is 0 Å². The summed E-state index contributed by atoms with van der Waals surface area (Å²) in [4.78, 5) is 0. The summed E-state index contributed by atoms with van der Waals surface area (Å²) >= 11 is 0. The average molecular weight is 174 g/mol. The second-order valence-corrected chi connectivity index (χ2v) is 2.24. The molecular weight excluding hydrogens is 164 g/mol. The Hall–Kier alpha value is 0.0700. The van der Waals surface area contributed by atoms with Crippen molar-refractivity contribution in [1.82, 2.24) is 5.32 Å². The molecule has 1 saturated heterocycles. The summed E-state index contributed by atoms with van der Waals surface area (Å²) in [6, 6.07) is -0.792. The number of rotatable bonds is 1. The van der Waals surface area contributed by atoms with E-state index in [-0.39, 0.29) is 18.8 Å². The molecule has 1 rings (SSSR count). The Morgan fingerprint density at radius 3 is 2.30 bits per heavy atom. The van der Waals surface area contributed by atoms with Crippen molar-refractivity contribution < 1.29 is 13.9 Å². The van der Waals surface area contributed by atoms with Crippen LogP contribution in [0, 0.1) is 0 Å². The summed E-state index contributed by atoms with van der Waals surface area (Å²) in [5.74, 6) is 0. The van der Waals surface area contributed by atoms with E-state index in [0.29, 0.717) is 6.54 Å². The van der Waals surface area contributed by atoms with Crippen LogP contribution in [0.15, 0.2) is 0 Å². The molecule has 1 fully saturated rings. The molecule has 0 aromatic rings. The first kappa shape index (κ1) is 10.1. The van der Waals surface area contributed by atoms with Crippen molar-refractivity contribution in [3.05, 3.63) is 0 Å². The van der Waals surface area contributed by atoms with E-state index >= 15 is 0 Å². The molecule has 1 heterocycles. The van der Waals surface area contributed by atoms with Gasteiger partial charge in [-0.05, 0) is 6.42 Å². The van der Waals surface area contributed by atoms with E-state index in [1.165, 1.54) is 0 Å². The van der Waals surface area contributed by atoms with Gasteiger partial charge in [0.05, 0.1) is 12.1 Å². The molecule has 0 amide bonds. The maximum Gasteiger partial charge on any atom is 0.253 e. The minimum atomic E-state index is -2.35. The molecule has 0 radical (unpaired) electrons. The lowest BCUT2D eigenvalue weighted by Gasteiger charge is -2.05. The van der Waals surface area contributed by atoms with Gasteiger partial charge in [-0.3, -0.25) is 0 Å². The van der Waals surface area contributed by atoms with E-state index in [1.54, 1.807) is 0 Å². The smallest absolute Gasteiger partial charge is 0.253 e. The first-order chi connectivity index (χ1) is 4.20. The Morgan fingerprint density at radius 1 is 1.50 bits per heavy atom. The third-order valence-corrected chi connectivity index (χ3v) is 1.45. The quantitative estimate of drug-likeness (QED) is 0.602. The van der Waals surface area contributed by atoms with Gasteiger partial charge in [-0.25, -0.2) is 8.78 Å². The Morgan fingerprint density at radius 2 is 2.10 bits per heavy atom. The molecule has 0 spiro atoms. The SMILES string of the molecule is Cl.O[C@@H]1CN[C@H](C(F)F)C1. The molecule has 0 aliphatic carbocycles. The van der Waals surface area contributed by atoms with Gasteiger partial charge in [-0.1, -0.05) is 0 Å². The maximum absolute atomic E-state index is 11.7. The highest BCUT2D eigenvalue weighted by Gasteiger charge is 2.28. The van der Waals surface area contributed by atoms with Crippen molar-refractivity contribution in [1.29, 1.82) is 0 Å². The van der Waals surface area contributed by atoms with E-state index in [0.717, 1.165) is 0 Å². The minimum Gasteiger partial charge on any atom is -0.392 e. The van der Waals surface area contributed by atoms with Gasteiger partial charge in [0.1, 0.15) is 0 Å². The van der Waals surface area contributed by atoms with Gasteiger partial charge >= 0.3 is 0 Å². The first-order valence-electron chi connectivity index (χ1n) is 2.89. The first-order valence-corrected chi connectivity index (χ1v) is 2.89. The number of hydrogen-bond acceptors (Lipinski definition) is 2. The summed E-state index contributed by atoms with van der Waals surface area (Å²) in [6.07, 6.45) is -2.75. The molecule has 0 aromatic carbocycles. The highest BCUT2D eigenvalue weighted by atomic mass is 35.5. The number of hydrogen-bond donors (Lipinski definition) is 2. The van der Waals surface area contributed by atoms with Crippen LogP contribution < -0.4 is 5.32 Å². The van der Waals surface area contributed by atoms with E-state index in [1.807, 2.05) is 0 Å². The topological polar surface area (TPSA) is 32.3 Å². The normalized spacial score (nSPS) is 32.4. The summed E-state index contributed by atoms with van der Waals surface area (Å²) in [6.45, 7) is 0.301. The predicted molar refractivity (Wildman–Crippen MR) is 35.7 cm³/mol. The number of nitrogens with one attached hydrogen (secondary N) is 1. The zero-order valence-electron chi connectivity index (χ0n) is 5.26. The molecule has 0 saturated carbocycles. The number of aliphatic hydroxyl groups is 1. The van der Waals surface area contributed by atoms with Gasteiger partial charge in [0.25, 0.3) is 6.43 Å². The molecule has 5 heteroatoms. The largest absolute Gasteiger partial charge is 0.392 e. The van der Waals surface area contributed by atoms with Gasteiger partial charge in [-0.2, -0.15) is 0 Å². The van der Waals surface area contributed by atoms with Crippen molar-refractivity contribution in [2.24, 2.45) is 0 Å². The fraction of sp³-hybridized carbons (Fsp3) is 1.00. The van der Waals surface area contributed by atoms with Crippen molar-refractivity contribution in [2.45, 2.75) is 25.0 Å². The summed E-state index contributed by atoms with van der Waals surface area (Å²) < 4.78 is 23.5. The fourth-order valence-corrected chi connectivity index (χ4v) is 0.939. The highest BCUT2D eigenvalue weighted by Crippen LogP contribution is 2.12. The van der Waals surface area contributed by atoms with E-state index in [2.05, 4.69) is 5.32 Å². The van der Waals surface area contributed by atoms with Crippen molar-refractivity contribution >= 4 is 12.4 Å². The molecule has 2 atom stereocenters. The molecule has 10 heavy (non-hydrogen) atoms. The van der Waals surface area contributed by atoms with E-state index in [9.17, 15) is 8.78 Å². The molecule has 0 bridgehead atoms. The second kappa shape index (κ2) is 4.05. The maximum atomic E-state index is 11.7. The molecule has 0 aromatic heterocycles.